The van der Waals surface area contributed by atoms with Crippen molar-refractivity contribution >= 4 is 28.8 Å². The number of carbonyl (C=O) groups excluding carboxylic acids is 2. The number of aromatic hydroxyl groups is 1. The molecule has 3 aromatic heterocycles. The van der Waals surface area contributed by atoms with Crippen LogP contribution in [0.4, 0.5) is 5.69 Å². The lowest BCUT2D eigenvalue weighted by Crippen LogP contribution is -2.50. The van der Waals surface area contributed by atoms with Gasteiger partial charge < -0.3 is 14.8 Å². The van der Waals surface area contributed by atoms with Crippen molar-refractivity contribution in [3.05, 3.63) is 64.5 Å². The molecule has 3 heterocycles. The van der Waals surface area contributed by atoms with E-state index in [1.54, 1.807) is 37.3 Å². The van der Waals surface area contributed by atoms with Crippen LogP contribution < -0.4 is 10.2 Å². The molecular formula is C24H26N6O4S. The first kappa shape index (κ1) is 24.1. The Morgan fingerprint density at radius 3 is 2.63 bits per heavy atom. The van der Waals surface area contributed by atoms with Gasteiger partial charge in [-0.2, -0.15) is 4.80 Å². The number of hydrogen-bond acceptors (Lipinski definition) is 8. The summed E-state index contributed by atoms with van der Waals surface area (Å²) in [5, 5.41) is 27.1. The molecule has 0 fully saturated rings. The van der Waals surface area contributed by atoms with Crippen molar-refractivity contribution in [3.8, 4) is 17.3 Å². The van der Waals surface area contributed by atoms with Crippen molar-refractivity contribution in [2.45, 2.75) is 45.8 Å². The molecule has 0 saturated carbocycles. The number of nitrogens with zero attached hydrogens (tertiary/aromatic N) is 5. The van der Waals surface area contributed by atoms with E-state index in [1.807, 2.05) is 32.2 Å². The Morgan fingerprint density at radius 2 is 2.00 bits per heavy atom. The summed E-state index contributed by atoms with van der Waals surface area (Å²) in [4.78, 5) is 30.4. The highest BCUT2D eigenvalue weighted by atomic mass is 32.1. The largest absolute Gasteiger partial charge is 0.508 e. The Kier molecular flexibility index (Phi) is 6.70. The number of furan rings is 1. The topological polar surface area (TPSA) is 126 Å². The van der Waals surface area contributed by atoms with Crippen molar-refractivity contribution < 1.29 is 19.1 Å². The zero-order chi connectivity index (χ0) is 25.2. The summed E-state index contributed by atoms with van der Waals surface area (Å²) >= 11 is 1.36. The van der Waals surface area contributed by atoms with E-state index in [-0.39, 0.29) is 24.0 Å². The van der Waals surface area contributed by atoms with E-state index in [2.05, 4.69) is 20.7 Å². The number of hydrogen-bond donors (Lipinski definition) is 2. The lowest BCUT2D eigenvalue weighted by molar-refractivity contribution is -0.128. The average Bonchev–Trinajstić information content (AvgIpc) is 3.52. The predicted molar refractivity (Wildman–Crippen MR) is 131 cm³/mol. The summed E-state index contributed by atoms with van der Waals surface area (Å²) in [6.45, 7) is 7.13. The van der Waals surface area contributed by atoms with Crippen LogP contribution in [0.25, 0.3) is 11.6 Å². The molecule has 182 valence electrons. The highest BCUT2D eigenvalue weighted by molar-refractivity contribution is 7.10. The quantitative estimate of drug-likeness (QED) is 0.401. The number of phenols is 1. The molecule has 1 aromatic carbocycles. The number of carbonyl (C=O) groups is 2. The van der Waals surface area contributed by atoms with Crippen molar-refractivity contribution in [1.29, 1.82) is 0 Å². The lowest BCUT2D eigenvalue weighted by atomic mass is 10.1. The zero-order valence-electron chi connectivity index (χ0n) is 19.8. The van der Waals surface area contributed by atoms with Crippen LogP contribution in [-0.4, -0.2) is 42.7 Å². The molecule has 0 unspecified atom stereocenters. The van der Waals surface area contributed by atoms with E-state index in [1.165, 1.54) is 28.4 Å². The average molecular weight is 495 g/mol. The van der Waals surface area contributed by atoms with Crippen molar-refractivity contribution in [2.24, 2.45) is 0 Å². The van der Waals surface area contributed by atoms with E-state index in [0.717, 1.165) is 4.80 Å². The molecule has 0 aliphatic rings. The van der Waals surface area contributed by atoms with Gasteiger partial charge in [0.2, 0.25) is 11.7 Å². The number of phenolic OH excluding ortho intramolecular Hbond substituents is 1. The van der Waals surface area contributed by atoms with Crippen LogP contribution in [0.5, 0.6) is 5.75 Å². The second kappa shape index (κ2) is 9.71. The number of benzene rings is 1. The van der Waals surface area contributed by atoms with Crippen LogP contribution >= 0.6 is 11.3 Å². The van der Waals surface area contributed by atoms with Gasteiger partial charge >= 0.3 is 0 Å². The predicted octanol–water partition coefficient (Wildman–Crippen LogP) is 3.70. The van der Waals surface area contributed by atoms with Gasteiger partial charge in [0.15, 0.2) is 5.76 Å². The number of anilines is 1. The molecule has 4 aromatic rings. The number of thiophene rings is 1. The van der Waals surface area contributed by atoms with Gasteiger partial charge in [0.05, 0.1) is 0 Å². The Morgan fingerprint density at radius 1 is 1.20 bits per heavy atom. The summed E-state index contributed by atoms with van der Waals surface area (Å²) in [7, 11) is 0. The maximum Gasteiger partial charge on any atom is 0.251 e. The molecule has 0 bridgehead atoms. The summed E-state index contributed by atoms with van der Waals surface area (Å²) in [6, 6.07) is 12.4. The normalized spacial score (nSPS) is 12.3. The van der Waals surface area contributed by atoms with E-state index in [0.29, 0.717) is 22.1 Å². The fraction of sp³-hybridized carbons (Fsp3) is 0.292. The highest BCUT2D eigenvalue weighted by Gasteiger charge is 2.35. The van der Waals surface area contributed by atoms with Crippen molar-refractivity contribution in [3.63, 3.8) is 0 Å². The van der Waals surface area contributed by atoms with Crippen LogP contribution in [0, 0.1) is 6.92 Å². The third kappa shape index (κ3) is 5.75. The van der Waals surface area contributed by atoms with E-state index in [9.17, 15) is 14.7 Å². The maximum atomic E-state index is 13.7. The van der Waals surface area contributed by atoms with Crippen LogP contribution in [0.3, 0.4) is 0 Å². The molecule has 35 heavy (non-hydrogen) atoms. The van der Waals surface area contributed by atoms with Crippen LogP contribution in [0.1, 0.15) is 37.5 Å². The van der Waals surface area contributed by atoms with Gasteiger partial charge in [-0.3, -0.25) is 14.5 Å². The molecule has 0 radical (unpaired) electrons. The van der Waals surface area contributed by atoms with E-state index >= 15 is 0 Å². The van der Waals surface area contributed by atoms with Gasteiger partial charge in [0.25, 0.3) is 5.91 Å². The molecule has 0 saturated heterocycles. The monoisotopic (exact) mass is 494 g/mol. The number of aromatic nitrogens is 4. The Bertz CT molecular complexity index is 1320. The summed E-state index contributed by atoms with van der Waals surface area (Å²) in [5.74, 6) is 0.539. The highest BCUT2D eigenvalue weighted by Crippen LogP contribution is 2.33. The zero-order valence-corrected chi connectivity index (χ0v) is 20.6. The summed E-state index contributed by atoms with van der Waals surface area (Å²) in [5.41, 5.74) is -0.164. The van der Waals surface area contributed by atoms with E-state index < -0.39 is 17.5 Å². The fourth-order valence-corrected chi connectivity index (χ4v) is 4.31. The molecule has 0 aliphatic carbocycles. The number of tetrazole rings is 1. The fourth-order valence-electron chi connectivity index (χ4n) is 3.50. The number of rotatable bonds is 7. The first-order valence-electron chi connectivity index (χ1n) is 10.9. The summed E-state index contributed by atoms with van der Waals surface area (Å²) in [6.07, 6.45) is 0. The van der Waals surface area contributed by atoms with Crippen LogP contribution in [0.2, 0.25) is 0 Å². The van der Waals surface area contributed by atoms with Gasteiger partial charge in [-0.05, 0) is 68.6 Å². The van der Waals surface area contributed by atoms with Gasteiger partial charge in [-0.25, -0.2) is 0 Å². The Labute approximate surface area is 206 Å². The molecule has 2 N–H and O–H groups in total. The molecule has 0 aliphatic heterocycles. The molecule has 4 rings (SSSR count). The molecular weight excluding hydrogens is 468 g/mol. The second-order valence-electron chi connectivity index (χ2n) is 8.99. The minimum Gasteiger partial charge on any atom is -0.508 e. The van der Waals surface area contributed by atoms with Gasteiger partial charge in [-0.1, -0.05) is 12.1 Å². The van der Waals surface area contributed by atoms with Crippen LogP contribution in [-0.2, 0) is 16.1 Å². The minimum absolute atomic E-state index is 0.0317. The molecule has 10 nitrogen and oxygen atoms in total. The maximum absolute atomic E-state index is 13.7. The number of amides is 2. The molecule has 1 atom stereocenters. The van der Waals surface area contributed by atoms with Crippen molar-refractivity contribution in [1.82, 2.24) is 25.5 Å². The Hall–Kier alpha value is -3.99. The van der Waals surface area contributed by atoms with Gasteiger partial charge in [-0.15, -0.1) is 21.5 Å². The van der Waals surface area contributed by atoms with Gasteiger partial charge in [0, 0.05) is 22.2 Å². The minimum atomic E-state index is -0.973. The smallest absolute Gasteiger partial charge is 0.251 e. The molecule has 11 heteroatoms. The molecule has 0 spiro atoms. The first-order chi connectivity index (χ1) is 16.6. The third-order valence-electron chi connectivity index (χ3n) is 4.88. The Balaban J connectivity index is 1.71. The first-order valence-corrected chi connectivity index (χ1v) is 11.8. The standard InChI is InChI=1S/C24H26N6O4S/c1-15-10-11-18(34-15)22-26-28-29(27-22)14-20(32)30(16-7-5-8-17(31)13-16)21(19-9-6-12-35-19)23(33)25-24(2,3)4/h5-13,21,31H,14H2,1-4H3,(H,25,33)/t21-/m0/s1. The molecule has 2 amide bonds. The number of nitrogens with one attached hydrogen (secondary N) is 1. The number of aryl methyl sites for hydroxylation is 1. The van der Waals surface area contributed by atoms with Crippen LogP contribution in [0.15, 0.2) is 58.3 Å². The third-order valence-corrected chi connectivity index (χ3v) is 5.81. The van der Waals surface area contributed by atoms with Gasteiger partial charge in [0.1, 0.15) is 24.1 Å². The lowest BCUT2D eigenvalue weighted by Gasteiger charge is -2.33. The van der Waals surface area contributed by atoms with Crippen molar-refractivity contribution in [2.75, 3.05) is 4.90 Å². The second-order valence-corrected chi connectivity index (χ2v) is 9.97. The van der Waals surface area contributed by atoms with E-state index in [4.69, 9.17) is 4.42 Å². The SMILES string of the molecule is Cc1ccc(-c2nnn(CC(=O)N(c3cccc(O)c3)[C@H](C(=O)NC(C)(C)C)c3cccs3)n2)o1. The summed E-state index contributed by atoms with van der Waals surface area (Å²) < 4.78 is 5.53.